The van der Waals surface area contributed by atoms with E-state index in [0.717, 1.165) is 41.2 Å². The lowest BCUT2D eigenvalue weighted by atomic mass is 10.0. The summed E-state index contributed by atoms with van der Waals surface area (Å²) in [5.41, 5.74) is 5.22. The molecule has 1 saturated heterocycles. The zero-order valence-corrected chi connectivity index (χ0v) is 18.2. The summed E-state index contributed by atoms with van der Waals surface area (Å²) in [5, 5.41) is 2.89. The molecule has 3 aromatic rings. The molecule has 1 fully saturated rings. The molecule has 0 unspecified atom stereocenters. The molecule has 4 rings (SSSR count). The molecule has 1 aromatic carbocycles. The lowest BCUT2D eigenvalue weighted by Gasteiger charge is -2.36. The van der Waals surface area contributed by atoms with Crippen molar-refractivity contribution in [2.75, 3.05) is 23.3 Å². The smallest absolute Gasteiger partial charge is 0.229 e. The molecular weight excluding hydrogens is 388 g/mol. The first-order valence-corrected chi connectivity index (χ1v) is 10.6. The van der Waals surface area contributed by atoms with Crippen molar-refractivity contribution in [2.45, 2.75) is 39.4 Å². The van der Waals surface area contributed by atoms with Gasteiger partial charge >= 0.3 is 0 Å². The van der Waals surface area contributed by atoms with Crippen LogP contribution in [0.15, 0.2) is 60.9 Å². The summed E-state index contributed by atoms with van der Waals surface area (Å²) in [7, 11) is 0. The number of morpholine rings is 1. The van der Waals surface area contributed by atoms with Crippen molar-refractivity contribution < 1.29 is 9.53 Å². The zero-order valence-electron chi connectivity index (χ0n) is 18.2. The summed E-state index contributed by atoms with van der Waals surface area (Å²) in [6, 6.07) is 15.9. The minimum Gasteiger partial charge on any atom is -0.372 e. The van der Waals surface area contributed by atoms with Crippen LogP contribution in [0.2, 0.25) is 0 Å². The van der Waals surface area contributed by atoms with E-state index in [1.165, 1.54) is 0 Å². The SMILES string of the molecule is Cc1cc(-c2ccc(CC(=O)Nc3ccc(N4C[C@@H](C)O[C@@H](C)C4)cn3)cc2)ccn1. The Balaban J connectivity index is 1.34. The van der Waals surface area contributed by atoms with E-state index in [1.54, 1.807) is 0 Å². The predicted octanol–water partition coefficient (Wildman–Crippen LogP) is 4.25. The molecule has 0 saturated carbocycles. The van der Waals surface area contributed by atoms with Crippen molar-refractivity contribution in [3.05, 3.63) is 72.2 Å². The second-order valence-corrected chi connectivity index (χ2v) is 8.17. The second kappa shape index (κ2) is 9.27. The Hall–Kier alpha value is -3.25. The number of ether oxygens (including phenoxy) is 1. The molecule has 0 bridgehead atoms. The van der Waals surface area contributed by atoms with Gasteiger partial charge in [0.2, 0.25) is 5.91 Å². The summed E-state index contributed by atoms with van der Waals surface area (Å²) in [6.07, 6.45) is 4.31. The highest BCUT2D eigenvalue weighted by Crippen LogP contribution is 2.22. The van der Waals surface area contributed by atoms with Crippen LogP contribution in [-0.2, 0) is 16.0 Å². The molecule has 1 amide bonds. The van der Waals surface area contributed by atoms with Crippen molar-refractivity contribution >= 4 is 17.4 Å². The number of aryl methyl sites for hydroxylation is 1. The fourth-order valence-electron chi connectivity index (χ4n) is 3.95. The number of pyridine rings is 2. The first-order chi connectivity index (χ1) is 15.0. The monoisotopic (exact) mass is 416 g/mol. The number of rotatable bonds is 5. The Kier molecular flexibility index (Phi) is 6.28. The third-order valence-corrected chi connectivity index (χ3v) is 5.35. The van der Waals surface area contributed by atoms with Crippen molar-refractivity contribution in [3.63, 3.8) is 0 Å². The van der Waals surface area contributed by atoms with Gasteiger partial charge in [0.05, 0.1) is 30.5 Å². The third kappa shape index (κ3) is 5.47. The molecule has 31 heavy (non-hydrogen) atoms. The van der Waals surface area contributed by atoms with Crippen LogP contribution in [0.5, 0.6) is 0 Å². The minimum atomic E-state index is -0.0821. The largest absolute Gasteiger partial charge is 0.372 e. The van der Waals surface area contributed by atoms with Gasteiger partial charge in [-0.25, -0.2) is 4.98 Å². The number of anilines is 2. The number of nitrogens with zero attached hydrogens (tertiary/aromatic N) is 3. The molecule has 1 aliphatic heterocycles. The topological polar surface area (TPSA) is 67.4 Å². The molecule has 0 spiro atoms. The number of benzene rings is 1. The van der Waals surface area contributed by atoms with E-state index in [4.69, 9.17) is 4.74 Å². The van der Waals surface area contributed by atoms with Crippen LogP contribution in [-0.4, -0.2) is 41.2 Å². The average Bonchev–Trinajstić information content (AvgIpc) is 2.74. The van der Waals surface area contributed by atoms with Crippen molar-refractivity contribution in [1.82, 2.24) is 9.97 Å². The summed E-state index contributed by atoms with van der Waals surface area (Å²) in [5.74, 6) is 0.480. The van der Waals surface area contributed by atoms with Crippen molar-refractivity contribution in [1.29, 1.82) is 0 Å². The van der Waals surface area contributed by atoms with Gasteiger partial charge in [-0.1, -0.05) is 24.3 Å². The fourth-order valence-corrected chi connectivity index (χ4v) is 3.95. The van der Waals surface area contributed by atoms with Gasteiger partial charge in [0.1, 0.15) is 5.82 Å². The molecule has 1 aliphatic rings. The minimum absolute atomic E-state index is 0.0821. The van der Waals surface area contributed by atoms with Crippen molar-refractivity contribution in [3.8, 4) is 11.1 Å². The number of hydrogen-bond donors (Lipinski definition) is 1. The first-order valence-electron chi connectivity index (χ1n) is 10.6. The number of hydrogen-bond acceptors (Lipinski definition) is 5. The molecule has 2 aromatic heterocycles. The van der Waals surface area contributed by atoms with Crippen molar-refractivity contribution in [2.24, 2.45) is 0 Å². The number of aromatic nitrogens is 2. The summed E-state index contributed by atoms with van der Waals surface area (Å²) in [6.45, 7) is 7.81. The molecule has 160 valence electrons. The summed E-state index contributed by atoms with van der Waals surface area (Å²) < 4.78 is 5.79. The van der Waals surface area contributed by atoms with E-state index in [-0.39, 0.29) is 18.1 Å². The van der Waals surface area contributed by atoms with Crippen LogP contribution < -0.4 is 10.2 Å². The molecular formula is C25H28N4O2. The zero-order chi connectivity index (χ0) is 21.8. The van der Waals surface area contributed by atoms with E-state index < -0.39 is 0 Å². The molecule has 1 N–H and O–H groups in total. The number of carbonyl (C=O) groups excluding carboxylic acids is 1. The lowest BCUT2D eigenvalue weighted by Crippen LogP contribution is -2.45. The highest BCUT2D eigenvalue weighted by atomic mass is 16.5. The van der Waals surface area contributed by atoms with Gasteiger partial charge < -0.3 is 15.0 Å². The molecule has 3 heterocycles. The normalized spacial score (nSPS) is 18.6. The van der Waals surface area contributed by atoms with Crippen LogP contribution in [0, 0.1) is 6.92 Å². The molecule has 6 nitrogen and oxygen atoms in total. The Labute approximate surface area is 183 Å². The number of amides is 1. The van der Waals surface area contributed by atoms with E-state index in [2.05, 4.69) is 40.1 Å². The number of carbonyl (C=O) groups is 1. The summed E-state index contributed by atoms with van der Waals surface area (Å²) >= 11 is 0. The van der Waals surface area contributed by atoms with Gasteiger partial charge in [-0.3, -0.25) is 9.78 Å². The third-order valence-electron chi connectivity index (χ3n) is 5.35. The maximum Gasteiger partial charge on any atom is 0.229 e. The molecule has 6 heteroatoms. The number of nitrogens with one attached hydrogen (secondary N) is 1. The van der Waals surface area contributed by atoms with E-state index in [9.17, 15) is 4.79 Å². The van der Waals surface area contributed by atoms with Gasteiger partial charge in [-0.15, -0.1) is 0 Å². The summed E-state index contributed by atoms with van der Waals surface area (Å²) in [4.78, 5) is 23.4. The average molecular weight is 417 g/mol. The van der Waals surface area contributed by atoms with Gasteiger partial charge in [-0.2, -0.15) is 0 Å². The lowest BCUT2D eigenvalue weighted by molar-refractivity contribution is -0.115. The Morgan fingerprint density at radius 2 is 1.77 bits per heavy atom. The van der Waals surface area contributed by atoms with E-state index in [1.807, 2.05) is 61.8 Å². The van der Waals surface area contributed by atoms with Crippen LogP contribution in [0.4, 0.5) is 11.5 Å². The van der Waals surface area contributed by atoms with Gasteiger partial charge in [0.15, 0.2) is 0 Å². The van der Waals surface area contributed by atoms with Crippen LogP contribution >= 0.6 is 0 Å². The van der Waals surface area contributed by atoms with Gasteiger partial charge in [0.25, 0.3) is 0 Å². The Morgan fingerprint density at radius 3 is 2.42 bits per heavy atom. The molecule has 2 atom stereocenters. The molecule has 0 aliphatic carbocycles. The van der Waals surface area contributed by atoms with Crippen LogP contribution in [0.3, 0.4) is 0 Å². The maximum atomic E-state index is 12.5. The maximum absolute atomic E-state index is 12.5. The Bertz CT molecular complexity index is 1020. The highest BCUT2D eigenvalue weighted by Gasteiger charge is 2.22. The van der Waals surface area contributed by atoms with E-state index >= 15 is 0 Å². The highest BCUT2D eigenvalue weighted by molar-refractivity contribution is 5.91. The van der Waals surface area contributed by atoms with Crippen LogP contribution in [0.1, 0.15) is 25.1 Å². The first kappa shape index (κ1) is 21.0. The Morgan fingerprint density at radius 1 is 1.03 bits per heavy atom. The predicted molar refractivity (Wildman–Crippen MR) is 123 cm³/mol. The quantitative estimate of drug-likeness (QED) is 0.674. The van der Waals surface area contributed by atoms with Gasteiger partial charge in [0, 0.05) is 25.0 Å². The molecule has 0 radical (unpaired) electrons. The van der Waals surface area contributed by atoms with E-state index in [0.29, 0.717) is 12.2 Å². The second-order valence-electron chi connectivity index (χ2n) is 8.17. The fraction of sp³-hybridized carbons (Fsp3) is 0.320. The standard InChI is InChI=1S/C25H28N4O2/c1-17-12-22(10-11-26-17)21-6-4-20(5-7-21)13-25(30)28-24-9-8-23(14-27-24)29-15-18(2)31-19(3)16-29/h4-12,14,18-19H,13,15-16H2,1-3H3,(H,27,28,30)/t18-,19+. The van der Waals surface area contributed by atoms with Gasteiger partial charge in [-0.05, 0) is 61.7 Å². The van der Waals surface area contributed by atoms with Crippen LogP contribution in [0.25, 0.3) is 11.1 Å².